The molecule has 0 fully saturated rings. The van der Waals surface area contributed by atoms with Gasteiger partial charge in [0.2, 0.25) is 5.69 Å². The molecule has 0 atom stereocenters. The standard InChI is InChI=1S/C27H21N2O/c1-17-12-13-29(4)24(14-17)25-18(2)10-11-21-23-16-20(28-3)15-22(26(23)30-27(21)25)19-8-6-5-7-9-19/h5-16H,1-2,4H3/q+1. The van der Waals surface area contributed by atoms with Crippen LogP contribution in [-0.2, 0) is 7.05 Å². The average molecular weight is 389 g/mol. The maximum Gasteiger partial charge on any atom is 0.216 e. The molecule has 5 aromatic rings. The van der Waals surface area contributed by atoms with Gasteiger partial charge in [0.25, 0.3) is 0 Å². The van der Waals surface area contributed by atoms with E-state index in [4.69, 9.17) is 11.0 Å². The molecular weight excluding hydrogens is 368 g/mol. The summed E-state index contributed by atoms with van der Waals surface area (Å²) < 4.78 is 8.71. The first-order chi connectivity index (χ1) is 14.6. The molecule has 3 heteroatoms. The molecule has 0 radical (unpaired) electrons. The van der Waals surface area contributed by atoms with Gasteiger partial charge in [-0.1, -0.05) is 42.5 Å². The number of aryl methyl sites for hydroxylation is 3. The summed E-state index contributed by atoms with van der Waals surface area (Å²) in [4.78, 5) is 3.72. The van der Waals surface area contributed by atoms with E-state index in [1.807, 2.05) is 30.3 Å². The minimum atomic E-state index is 0.618. The molecule has 3 aromatic carbocycles. The van der Waals surface area contributed by atoms with Gasteiger partial charge in [-0.3, -0.25) is 0 Å². The summed E-state index contributed by atoms with van der Waals surface area (Å²) in [5, 5.41) is 2.02. The highest BCUT2D eigenvalue weighted by Crippen LogP contribution is 2.42. The summed E-state index contributed by atoms with van der Waals surface area (Å²) in [6, 6.07) is 22.5. The number of benzene rings is 3. The first-order valence-electron chi connectivity index (χ1n) is 9.96. The van der Waals surface area contributed by atoms with Crippen LogP contribution in [0.4, 0.5) is 5.69 Å². The van der Waals surface area contributed by atoms with Crippen LogP contribution in [0.1, 0.15) is 11.1 Å². The number of aromatic nitrogens is 1. The zero-order valence-corrected chi connectivity index (χ0v) is 17.2. The highest BCUT2D eigenvalue weighted by molar-refractivity contribution is 6.14. The van der Waals surface area contributed by atoms with Crippen LogP contribution in [0.5, 0.6) is 0 Å². The largest absolute Gasteiger partial charge is 0.455 e. The Labute approximate surface area is 175 Å². The van der Waals surface area contributed by atoms with Gasteiger partial charge in [0.1, 0.15) is 18.2 Å². The molecule has 0 aliphatic carbocycles. The molecule has 0 aliphatic heterocycles. The fourth-order valence-electron chi connectivity index (χ4n) is 4.16. The van der Waals surface area contributed by atoms with Gasteiger partial charge in [0.05, 0.1) is 12.1 Å². The summed E-state index contributed by atoms with van der Waals surface area (Å²) in [6.45, 7) is 11.8. The molecule has 30 heavy (non-hydrogen) atoms. The van der Waals surface area contributed by atoms with E-state index in [0.29, 0.717) is 5.69 Å². The Morgan fingerprint density at radius 3 is 2.43 bits per heavy atom. The highest BCUT2D eigenvalue weighted by Gasteiger charge is 2.22. The van der Waals surface area contributed by atoms with Gasteiger partial charge >= 0.3 is 0 Å². The van der Waals surface area contributed by atoms with E-state index in [1.165, 1.54) is 5.56 Å². The molecule has 2 heterocycles. The maximum atomic E-state index is 7.59. The lowest BCUT2D eigenvalue weighted by atomic mass is 9.98. The lowest BCUT2D eigenvalue weighted by Gasteiger charge is -2.06. The third kappa shape index (κ3) is 2.77. The van der Waals surface area contributed by atoms with Crippen LogP contribution < -0.4 is 4.57 Å². The second-order valence-electron chi connectivity index (χ2n) is 7.78. The number of nitrogens with zero attached hydrogens (tertiary/aromatic N) is 2. The number of pyridine rings is 1. The maximum absolute atomic E-state index is 7.59. The molecule has 0 saturated carbocycles. The number of fused-ring (bicyclic) bond motifs is 3. The van der Waals surface area contributed by atoms with Gasteiger partial charge in [-0.05, 0) is 42.7 Å². The minimum Gasteiger partial charge on any atom is -0.455 e. The quantitative estimate of drug-likeness (QED) is 0.237. The Kier molecular flexibility index (Phi) is 4.15. The van der Waals surface area contributed by atoms with Crippen LogP contribution in [0.25, 0.3) is 49.2 Å². The van der Waals surface area contributed by atoms with Crippen LogP contribution >= 0.6 is 0 Å². The Morgan fingerprint density at radius 1 is 0.867 bits per heavy atom. The Balaban J connectivity index is 1.93. The summed E-state index contributed by atoms with van der Waals surface area (Å²) >= 11 is 0. The minimum absolute atomic E-state index is 0.618. The third-order valence-electron chi connectivity index (χ3n) is 5.71. The second-order valence-corrected chi connectivity index (χ2v) is 7.78. The molecule has 0 N–H and O–H groups in total. The molecule has 0 amide bonds. The smallest absolute Gasteiger partial charge is 0.216 e. The predicted octanol–water partition coefficient (Wildman–Crippen LogP) is 6.91. The van der Waals surface area contributed by atoms with Crippen LogP contribution in [0.2, 0.25) is 0 Å². The fraction of sp³-hybridized carbons (Fsp3) is 0.111. The van der Waals surface area contributed by atoms with Gasteiger partial charge in [-0.25, -0.2) is 9.41 Å². The van der Waals surface area contributed by atoms with Crippen molar-refractivity contribution in [3.63, 3.8) is 0 Å². The monoisotopic (exact) mass is 389 g/mol. The summed E-state index contributed by atoms with van der Waals surface area (Å²) in [5.41, 5.74) is 8.88. The van der Waals surface area contributed by atoms with Gasteiger partial charge in [0, 0.05) is 28.5 Å². The van der Waals surface area contributed by atoms with Crippen molar-refractivity contribution in [2.75, 3.05) is 0 Å². The highest BCUT2D eigenvalue weighted by atomic mass is 16.3. The van der Waals surface area contributed by atoms with Gasteiger partial charge in [0.15, 0.2) is 11.9 Å². The Bertz CT molecular complexity index is 1470. The van der Waals surface area contributed by atoms with E-state index in [2.05, 4.69) is 72.9 Å². The van der Waals surface area contributed by atoms with Crippen molar-refractivity contribution < 1.29 is 8.98 Å². The normalized spacial score (nSPS) is 11.1. The first kappa shape index (κ1) is 18.1. The number of hydrogen-bond acceptors (Lipinski definition) is 1. The molecule has 2 aromatic heterocycles. The molecule has 0 spiro atoms. The number of furan rings is 1. The van der Waals surface area contributed by atoms with E-state index in [9.17, 15) is 0 Å². The summed E-state index contributed by atoms with van der Waals surface area (Å²) in [6.07, 6.45) is 2.08. The Hall–Kier alpha value is -3.90. The lowest BCUT2D eigenvalue weighted by molar-refractivity contribution is -0.660. The number of rotatable bonds is 2. The summed E-state index contributed by atoms with van der Waals surface area (Å²) in [7, 11) is 2.06. The van der Waals surface area contributed by atoms with Crippen molar-refractivity contribution in [3.8, 4) is 22.4 Å². The van der Waals surface area contributed by atoms with E-state index < -0.39 is 0 Å². The van der Waals surface area contributed by atoms with Crippen LogP contribution in [0.3, 0.4) is 0 Å². The second kappa shape index (κ2) is 6.86. The van der Waals surface area contributed by atoms with Crippen molar-refractivity contribution in [2.45, 2.75) is 13.8 Å². The Morgan fingerprint density at radius 2 is 1.67 bits per heavy atom. The SMILES string of the molecule is [C-]#[N+]c1cc(-c2ccccc2)c2oc3c(-c4cc(C)cc[n+]4C)c(C)ccc3c2c1. The van der Waals surface area contributed by atoms with Crippen molar-refractivity contribution in [1.82, 2.24) is 0 Å². The van der Waals surface area contributed by atoms with Crippen LogP contribution in [0.15, 0.2) is 77.3 Å². The van der Waals surface area contributed by atoms with Gasteiger partial charge in [-0.15, -0.1) is 0 Å². The molecule has 144 valence electrons. The van der Waals surface area contributed by atoms with Crippen molar-refractivity contribution in [2.24, 2.45) is 7.05 Å². The van der Waals surface area contributed by atoms with Crippen LogP contribution in [-0.4, -0.2) is 0 Å². The van der Waals surface area contributed by atoms with Crippen LogP contribution in [0, 0.1) is 20.4 Å². The fourth-order valence-corrected chi connectivity index (χ4v) is 4.16. The topological polar surface area (TPSA) is 21.4 Å². The van der Waals surface area contributed by atoms with Crippen molar-refractivity contribution >= 4 is 27.6 Å². The molecule has 5 rings (SSSR count). The zero-order valence-electron chi connectivity index (χ0n) is 17.2. The van der Waals surface area contributed by atoms with E-state index in [1.54, 1.807) is 0 Å². The summed E-state index contributed by atoms with van der Waals surface area (Å²) in [5.74, 6) is 0. The van der Waals surface area contributed by atoms with Gasteiger partial charge < -0.3 is 4.42 Å². The third-order valence-corrected chi connectivity index (χ3v) is 5.71. The van der Waals surface area contributed by atoms with E-state index in [0.717, 1.165) is 49.9 Å². The van der Waals surface area contributed by atoms with E-state index in [-0.39, 0.29) is 0 Å². The van der Waals surface area contributed by atoms with Crippen molar-refractivity contribution in [3.05, 3.63) is 95.5 Å². The predicted molar refractivity (Wildman–Crippen MR) is 122 cm³/mol. The molecule has 0 aliphatic rings. The lowest BCUT2D eigenvalue weighted by Crippen LogP contribution is -2.30. The molecule has 0 unspecified atom stereocenters. The van der Waals surface area contributed by atoms with Gasteiger partial charge in [-0.2, -0.15) is 0 Å². The zero-order chi connectivity index (χ0) is 20.8. The van der Waals surface area contributed by atoms with E-state index >= 15 is 0 Å². The van der Waals surface area contributed by atoms with Crippen molar-refractivity contribution in [1.29, 1.82) is 0 Å². The molecule has 3 nitrogen and oxygen atoms in total. The average Bonchev–Trinajstić information content (AvgIpc) is 3.14. The number of hydrogen-bond donors (Lipinski definition) is 0. The molecule has 0 saturated heterocycles. The first-order valence-corrected chi connectivity index (χ1v) is 9.96. The molecule has 0 bridgehead atoms. The molecular formula is C27H21N2O+.